The van der Waals surface area contributed by atoms with E-state index in [0.717, 1.165) is 6.42 Å². The van der Waals surface area contributed by atoms with Crippen LogP contribution in [0.15, 0.2) is 15.8 Å². The van der Waals surface area contributed by atoms with Crippen molar-refractivity contribution in [2.75, 3.05) is 13.2 Å². The first-order valence-corrected chi connectivity index (χ1v) is 6.70. The number of carbonyl (C=O) groups excluding carboxylic acids is 1. The van der Waals surface area contributed by atoms with E-state index in [4.69, 9.17) is 4.74 Å². The first kappa shape index (κ1) is 16.6. The second kappa shape index (κ2) is 7.94. The summed E-state index contributed by atoms with van der Waals surface area (Å²) in [5, 5.41) is 2.44. The number of ether oxygens (including phenoxy) is 1. The van der Waals surface area contributed by atoms with E-state index in [1.807, 2.05) is 20.8 Å². The average molecular weight is 293 g/mol. The fourth-order valence-corrected chi connectivity index (χ4v) is 1.46. The number of H-pyrrole nitrogens is 1. The van der Waals surface area contributed by atoms with Gasteiger partial charge in [-0.15, -0.1) is 0 Å². The molecule has 0 aliphatic carbocycles. The molecule has 7 nitrogen and oxygen atoms in total. The maximum Gasteiger partial charge on any atom is 0.407 e. The van der Waals surface area contributed by atoms with Crippen LogP contribution < -0.4 is 16.6 Å². The number of carbonyl (C=O) groups is 1. The summed E-state index contributed by atoms with van der Waals surface area (Å²) >= 11 is 0. The summed E-state index contributed by atoms with van der Waals surface area (Å²) in [6, 6.07) is -0.0861. The van der Waals surface area contributed by atoms with Gasteiger partial charge in [0, 0.05) is 12.2 Å². The largest absolute Gasteiger partial charge is 0.450 e. The summed E-state index contributed by atoms with van der Waals surface area (Å²) in [6.07, 6.45) is 1.60. The molecular weight excluding hydrogens is 274 g/mol. The van der Waals surface area contributed by atoms with Crippen LogP contribution in [0.1, 0.15) is 38.8 Å². The number of hydrogen-bond donors (Lipinski definition) is 2. The molecule has 0 bridgehead atoms. The molecule has 0 unspecified atom stereocenters. The van der Waals surface area contributed by atoms with Crippen LogP contribution >= 0.6 is 0 Å². The minimum absolute atomic E-state index is 0.0583. The lowest BCUT2D eigenvalue weighted by Gasteiger charge is -2.08. The summed E-state index contributed by atoms with van der Waals surface area (Å²) < 4.78 is 6.19. The predicted molar refractivity (Wildman–Crippen MR) is 78.2 cm³/mol. The van der Waals surface area contributed by atoms with Crippen LogP contribution in [0.5, 0.6) is 0 Å². The van der Waals surface area contributed by atoms with Gasteiger partial charge in [-0.2, -0.15) is 0 Å². The van der Waals surface area contributed by atoms with Crippen LogP contribution in [-0.2, 0) is 4.74 Å². The highest BCUT2D eigenvalue weighted by molar-refractivity contribution is 5.67. The van der Waals surface area contributed by atoms with Gasteiger partial charge < -0.3 is 10.1 Å². The second-order valence-electron chi connectivity index (χ2n) is 4.59. The molecule has 0 aromatic carbocycles. The smallest absolute Gasteiger partial charge is 0.407 e. The number of hydrogen-bond acceptors (Lipinski definition) is 4. The lowest BCUT2D eigenvalue weighted by Crippen LogP contribution is -2.32. The van der Waals surface area contributed by atoms with E-state index in [9.17, 15) is 14.4 Å². The molecule has 0 aliphatic heterocycles. The molecule has 0 radical (unpaired) electrons. The molecule has 0 fully saturated rings. The van der Waals surface area contributed by atoms with Crippen molar-refractivity contribution in [3.63, 3.8) is 0 Å². The van der Waals surface area contributed by atoms with E-state index in [1.165, 1.54) is 10.8 Å². The van der Waals surface area contributed by atoms with Gasteiger partial charge in [0.05, 0.1) is 13.2 Å². The fraction of sp³-hybridized carbons (Fsp3) is 0.500. The van der Waals surface area contributed by atoms with Crippen molar-refractivity contribution in [2.45, 2.75) is 33.2 Å². The standard InChI is InChI=1S/C14H19N3O4/c1-4-8-21-14(20)15-7-5-6-11-9-17(10(2)3)13(19)16-12(11)18/h9-10H,4,7-8H2,1-3H3,(H,15,20)(H,16,18,19). The normalized spacial score (nSPS) is 9.90. The Bertz CT molecular complexity index is 661. The van der Waals surface area contributed by atoms with Crippen LogP contribution in [0.25, 0.3) is 0 Å². The quantitative estimate of drug-likeness (QED) is 0.795. The molecular formula is C14H19N3O4. The third-order valence-electron chi connectivity index (χ3n) is 2.51. The monoisotopic (exact) mass is 293 g/mol. The van der Waals surface area contributed by atoms with Crippen LogP contribution in [-0.4, -0.2) is 28.8 Å². The van der Waals surface area contributed by atoms with Gasteiger partial charge in [-0.25, -0.2) is 9.59 Å². The van der Waals surface area contributed by atoms with Crippen molar-refractivity contribution in [2.24, 2.45) is 0 Å². The van der Waals surface area contributed by atoms with Gasteiger partial charge in [-0.3, -0.25) is 14.3 Å². The van der Waals surface area contributed by atoms with Crippen molar-refractivity contribution in [1.29, 1.82) is 0 Å². The lowest BCUT2D eigenvalue weighted by molar-refractivity contribution is 0.147. The molecule has 0 aliphatic rings. The van der Waals surface area contributed by atoms with Crippen LogP contribution in [0.3, 0.4) is 0 Å². The number of aromatic amines is 1. The maximum absolute atomic E-state index is 11.6. The molecule has 1 rings (SSSR count). The van der Waals surface area contributed by atoms with Gasteiger partial charge in [0.15, 0.2) is 0 Å². The molecule has 1 amide bonds. The highest BCUT2D eigenvalue weighted by Gasteiger charge is 2.05. The van der Waals surface area contributed by atoms with Crippen LogP contribution in [0.2, 0.25) is 0 Å². The van der Waals surface area contributed by atoms with E-state index < -0.39 is 17.3 Å². The number of aromatic nitrogens is 2. The van der Waals surface area contributed by atoms with Crippen molar-refractivity contribution in [1.82, 2.24) is 14.9 Å². The summed E-state index contributed by atoms with van der Waals surface area (Å²) in [5.41, 5.74) is -0.841. The van der Waals surface area contributed by atoms with Crippen molar-refractivity contribution < 1.29 is 9.53 Å². The Morgan fingerprint density at radius 1 is 1.48 bits per heavy atom. The number of alkyl carbamates (subject to hydrolysis) is 1. The molecule has 0 saturated heterocycles. The van der Waals surface area contributed by atoms with Crippen molar-refractivity contribution >= 4 is 6.09 Å². The number of amides is 1. The van der Waals surface area contributed by atoms with E-state index in [-0.39, 0.29) is 18.2 Å². The predicted octanol–water partition coefficient (Wildman–Crippen LogP) is 0.605. The Hall–Kier alpha value is -2.49. The zero-order valence-corrected chi connectivity index (χ0v) is 12.4. The molecule has 1 aromatic heterocycles. The Kier molecular flexibility index (Phi) is 6.27. The number of nitrogens with one attached hydrogen (secondary N) is 2. The van der Waals surface area contributed by atoms with E-state index >= 15 is 0 Å². The van der Waals surface area contributed by atoms with Crippen LogP contribution in [0, 0.1) is 11.8 Å². The summed E-state index contributed by atoms with van der Waals surface area (Å²) in [6.45, 7) is 5.94. The highest BCUT2D eigenvalue weighted by atomic mass is 16.5. The molecule has 0 saturated carbocycles. The highest BCUT2D eigenvalue weighted by Crippen LogP contribution is 1.98. The van der Waals surface area contributed by atoms with Gasteiger partial charge in [-0.1, -0.05) is 18.8 Å². The van der Waals surface area contributed by atoms with Gasteiger partial charge >= 0.3 is 11.8 Å². The zero-order chi connectivity index (χ0) is 15.8. The minimum atomic E-state index is -0.549. The molecule has 7 heteroatoms. The third kappa shape index (κ3) is 5.18. The van der Waals surface area contributed by atoms with E-state index in [2.05, 4.69) is 22.1 Å². The van der Waals surface area contributed by atoms with Gasteiger partial charge in [0.1, 0.15) is 5.56 Å². The van der Waals surface area contributed by atoms with Gasteiger partial charge in [0.25, 0.3) is 5.56 Å². The van der Waals surface area contributed by atoms with Gasteiger partial charge in [0.2, 0.25) is 0 Å². The topological polar surface area (TPSA) is 93.2 Å². The second-order valence-corrected chi connectivity index (χ2v) is 4.59. The molecule has 1 heterocycles. The third-order valence-corrected chi connectivity index (χ3v) is 2.51. The summed E-state index contributed by atoms with van der Waals surface area (Å²) in [4.78, 5) is 36.5. The maximum atomic E-state index is 11.6. The van der Waals surface area contributed by atoms with E-state index in [1.54, 1.807) is 0 Å². The van der Waals surface area contributed by atoms with E-state index in [0.29, 0.717) is 6.61 Å². The molecule has 0 atom stereocenters. The summed E-state index contributed by atoms with van der Waals surface area (Å²) in [5.74, 6) is 5.26. The number of rotatable bonds is 4. The van der Waals surface area contributed by atoms with Crippen molar-refractivity contribution in [3.05, 3.63) is 32.6 Å². The summed E-state index contributed by atoms with van der Waals surface area (Å²) in [7, 11) is 0. The molecule has 21 heavy (non-hydrogen) atoms. The lowest BCUT2D eigenvalue weighted by atomic mass is 10.3. The first-order chi connectivity index (χ1) is 9.95. The molecule has 114 valence electrons. The van der Waals surface area contributed by atoms with Crippen LogP contribution in [0.4, 0.5) is 4.79 Å². The Labute approximate surface area is 122 Å². The average Bonchev–Trinajstić information content (AvgIpc) is 2.42. The zero-order valence-electron chi connectivity index (χ0n) is 12.4. The number of nitrogens with zero attached hydrogens (tertiary/aromatic N) is 1. The first-order valence-electron chi connectivity index (χ1n) is 6.70. The van der Waals surface area contributed by atoms with Gasteiger partial charge in [-0.05, 0) is 20.3 Å². The Balaban J connectivity index is 2.74. The fourth-order valence-electron chi connectivity index (χ4n) is 1.46. The molecule has 1 aromatic rings. The SMILES string of the molecule is CCCOC(=O)NCC#Cc1cn(C(C)C)c(=O)[nH]c1=O. The van der Waals surface area contributed by atoms with Crippen molar-refractivity contribution in [3.8, 4) is 11.8 Å². The molecule has 0 spiro atoms. The minimum Gasteiger partial charge on any atom is -0.450 e. The molecule has 2 N–H and O–H groups in total. The Morgan fingerprint density at radius 3 is 2.81 bits per heavy atom. The Morgan fingerprint density at radius 2 is 2.19 bits per heavy atom.